The summed E-state index contributed by atoms with van der Waals surface area (Å²) in [5, 5.41) is 0. The molecule has 0 saturated carbocycles. The number of hydrazine groups is 1. The predicted octanol–water partition coefficient (Wildman–Crippen LogP) is 1.95. The van der Waals surface area contributed by atoms with Crippen LogP contribution in [0.25, 0.3) is 0 Å². The fourth-order valence-corrected chi connectivity index (χ4v) is 3.45. The van der Waals surface area contributed by atoms with Gasteiger partial charge < -0.3 is 4.74 Å². The average Bonchev–Trinajstić information content (AvgIpc) is 2.72. The molecular formula is C20H25N3O5S. The van der Waals surface area contributed by atoms with Gasteiger partial charge in [-0.3, -0.25) is 20.4 Å². The molecule has 2 aromatic carbocycles. The molecule has 0 unspecified atom stereocenters. The SMILES string of the molecule is COc1ccc(C(=O)NNC(=O)CCNS(=O)(=O)c2ccc(C(C)C)cc2)cc1. The lowest BCUT2D eigenvalue weighted by molar-refractivity contribution is -0.121. The molecule has 156 valence electrons. The maximum atomic E-state index is 12.3. The third-order valence-electron chi connectivity index (χ3n) is 4.17. The third kappa shape index (κ3) is 6.58. The summed E-state index contributed by atoms with van der Waals surface area (Å²) in [5.74, 6) is -0.107. The highest BCUT2D eigenvalue weighted by Crippen LogP contribution is 2.17. The van der Waals surface area contributed by atoms with E-state index in [1.54, 1.807) is 36.4 Å². The van der Waals surface area contributed by atoms with Crippen LogP contribution in [0.1, 0.15) is 42.1 Å². The Bertz CT molecular complexity index is 939. The molecule has 0 spiro atoms. The molecule has 0 aliphatic heterocycles. The first-order valence-electron chi connectivity index (χ1n) is 9.06. The summed E-state index contributed by atoms with van der Waals surface area (Å²) >= 11 is 0. The van der Waals surface area contributed by atoms with Crippen LogP contribution in [-0.2, 0) is 14.8 Å². The lowest BCUT2D eigenvalue weighted by Gasteiger charge is -2.10. The van der Waals surface area contributed by atoms with Gasteiger partial charge in [0, 0.05) is 18.5 Å². The second kappa shape index (κ2) is 10.0. The molecular weight excluding hydrogens is 394 g/mol. The van der Waals surface area contributed by atoms with Gasteiger partial charge in [-0.2, -0.15) is 0 Å². The molecule has 0 aromatic heterocycles. The van der Waals surface area contributed by atoms with Gasteiger partial charge in [-0.25, -0.2) is 13.1 Å². The molecule has 2 rings (SSSR count). The van der Waals surface area contributed by atoms with Crippen LogP contribution in [0.4, 0.5) is 0 Å². The standard InChI is InChI=1S/C20H25N3O5S/c1-14(2)15-6-10-18(11-7-15)29(26,27)21-13-12-19(24)22-23-20(25)16-4-8-17(28-3)9-5-16/h4-11,14,21H,12-13H2,1-3H3,(H,22,24)(H,23,25). The third-order valence-corrected chi connectivity index (χ3v) is 5.65. The molecule has 9 heteroatoms. The summed E-state index contributed by atoms with van der Waals surface area (Å²) in [6, 6.07) is 13.0. The number of rotatable bonds is 8. The Morgan fingerprint density at radius 2 is 1.59 bits per heavy atom. The zero-order valence-electron chi connectivity index (χ0n) is 16.6. The van der Waals surface area contributed by atoms with Crippen molar-refractivity contribution < 1.29 is 22.7 Å². The predicted molar refractivity (Wildman–Crippen MR) is 109 cm³/mol. The van der Waals surface area contributed by atoms with Gasteiger partial charge >= 0.3 is 0 Å². The quantitative estimate of drug-likeness (QED) is 0.566. The number of sulfonamides is 1. The Labute approximate surface area is 170 Å². The smallest absolute Gasteiger partial charge is 0.269 e. The van der Waals surface area contributed by atoms with Gasteiger partial charge in [0.25, 0.3) is 5.91 Å². The molecule has 0 saturated heterocycles. The first kappa shape index (κ1) is 22.4. The van der Waals surface area contributed by atoms with Crippen molar-refractivity contribution in [3.05, 3.63) is 59.7 Å². The van der Waals surface area contributed by atoms with E-state index in [0.29, 0.717) is 17.2 Å². The molecule has 8 nitrogen and oxygen atoms in total. The van der Waals surface area contributed by atoms with Crippen LogP contribution < -0.4 is 20.3 Å². The first-order valence-corrected chi connectivity index (χ1v) is 10.5. The highest BCUT2D eigenvalue weighted by molar-refractivity contribution is 7.89. The van der Waals surface area contributed by atoms with E-state index in [9.17, 15) is 18.0 Å². The minimum atomic E-state index is -3.71. The van der Waals surface area contributed by atoms with Crippen LogP contribution in [0.15, 0.2) is 53.4 Å². The van der Waals surface area contributed by atoms with Crippen LogP contribution in [0.3, 0.4) is 0 Å². The van der Waals surface area contributed by atoms with Gasteiger partial charge in [0.15, 0.2) is 0 Å². The second-order valence-corrected chi connectivity index (χ2v) is 8.37. The first-order chi connectivity index (χ1) is 13.7. The Hall–Kier alpha value is -2.91. The van der Waals surface area contributed by atoms with E-state index in [-0.39, 0.29) is 17.9 Å². The fraction of sp³-hybridized carbons (Fsp3) is 0.300. The largest absolute Gasteiger partial charge is 0.497 e. The van der Waals surface area contributed by atoms with Crippen molar-refractivity contribution in [1.29, 1.82) is 0 Å². The van der Waals surface area contributed by atoms with Crippen LogP contribution in [-0.4, -0.2) is 33.9 Å². The lowest BCUT2D eigenvalue weighted by atomic mass is 10.0. The Morgan fingerprint density at radius 3 is 2.14 bits per heavy atom. The van der Waals surface area contributed by atoms with Crippen LogP contribution in [0.2, 0.25) is 0 Å². The fourth-order valence-electron chi connectivity index (χ4n) is 2.42. The van der Waals surface area contributed by atoms with Crippen molar-refractivity contribution in [2.75, 3.05) is 13.7 Å². The molecule has 2 aromatic rings. The van der Waals surface area contributed by atoms with Crippen molar-refractivity contribution in [3.8, 4) is 5.75 Å². The summed E-state index contributed by atoms with van der Waals surface area (Å²) < 4.78 is 31.9. The summed E-state index contributed by atoms with van der Waals surface area (Å²) in [7, 11) is -2.19. The van der Waals surface area contributed by atoms with E-state index >= 15 is 0 Å². The van der Waals surface area contributed by atoms with E-state index in [4.69, 9.17) is 4.74 Å². The molecule has 2 amide bonds. The number of nitrogens with one attached hydrogen (secondary N) is 3. The van der Waals surface area contributed by atoms with Crippen molar-refractivity contribution in [1.82, 2.24) is 15.6 Å². The molecule has 0 heterocycles. The molecule has 0 fully saturated rings. The normalized spacial score (nSPS) is 11.2. The number of ether oxygens (including phenoxy) is 1. The van der Waals surface area contributed by atoms with Crippen LogP contribution >= 0.6 is 0 Å². The Balaban J connectivity index is 1.78. The highest BCUT2D eigenvalue weighted by atomic mass is 32.2. The van der Waals surface area contributed by atoms with Gasteiger partial charge in [-0.05, 0) is 47.9 Å². The zero-order valence-corrected chi connectivity index (χ0v) is 17.4. The molecule has 0 aliphatic carbocycles. The monoisotopic (exact) mass is 419 g/mol. The van der Waals surface area contributed by atoms with Gasteiger partial charge in [0.05, 0.1) is 12.0 Å². The molecule has 29 heavy (non-hydrogen) atoms. The number of carbonyl (C=O) groups excluding carboxylic acids is 2. The van der Waals surface area contributed by atoms with Gasteiger partial charge in [-0.15, -0.1) is 0 Å². The summed E-state index contributed by atoms with van der Waals surface area (Å²) in [6.45, 7) is 3.94. The lowest BCUT2D eigenvalue weighted by Crippen LogP contribution is -2.42. The average molecular weight is 420 g/mol. The zero-order chi connectivity index (χ0) is 21.4. The topological polar surface area (TPSA) is 114 Å². The van der Waals surface area contributed by atoms with Crippen molar-refractivity contribution in [2.45, 2.75) is 31.1 Å². The number of benzene rings is 2. The summed E-state index contributed by atoms with van der Waals surface area (Å²) in [5.41, 5.74) is 5.91. The van der Waals surface area contributed by atoms with Crippen molar-refractivity contribution >= 4 is 21.8 Å². The Kier molecular flexibility index (Phi) is 7.74. The van der Waals surface area contributed by atoms with Gasteiger partial charge in [0.1, 0.15) is 5.75 Å². The molecule has 0 atom stereocenters. The van der Waals surface area contributed by atoms with Crippen molar-refractivity contribution in [3.63, 3.8) is 0 Å². The second-order valence-electron chi connectivity index (χ2n) is 6.60. The van der Waals surface area contributed by atoms with E-state index in [1.165, 1.54) is 19.2 Å². The highest BCUT2D eigenvalue weighted by Gasteiger charge is 2.15. The minimum Gasteiger partial charge on any atom is -0.497 e. The number of methoxy groups -OCH3 is 1. The molecule has 0 radical (unpaired) electrons. The maximum Gasteiger partial charge on any atom is 0.269 e. The van der Waals surface area contributed by atoms with E-state index in [1.807, 2.05) is 13.8 Å². The van der Waals surface area contributed by atoms with Gasteiger partial charge in [-0.1, -0.05) is 26.0 Å². The number of hydrogen-bond donors (Lipinski definition) is 3. The van der Waals surface area contributed by atoms with Crippen LogP contribution in [0, 0.1) is 0 Å². The Morgan fingerprint density at radius 1 is 0.966 bits per heavy atom. The number of hydrogen-bond acceptors (Lipinski definition) is 5. The number of amides is 2. The van der Waals surface area contributed by atoms with E-state index in [0.717, 1.165) is 5.56 Å². The number of carbonyl (C=O) groups is 2. The minimum absolute atomic E-state index is 0.0987. The summed E-state index contributed by atoms with van der Waals surface area (Å²) in [4.78, 5) is 23.9. The van der Waals surface area contributed by atoms with Gasteiger partial charge in [0.2, 0.25) is 15.9 Å². The molecule has 0 bridgehead atoms. The van der Waals surface area contributed by atoms with Crippen molar-refractivity contribution in [2.24, 2.45) is 0 Å². The molecule has 0 aliphatic rings. The summed E-state index contributed by atoms with van der Waals surface area (Å²) in [6.07, 6.45) is -0.133. The van der Waals surface area contributed by atoms with E-state index < -0.39 is 21.8 Å². The van der Waals surface area contributed by atoms with E-state index in [2.05, 4.69) is 15.6 Å². The molecule has 3 N–H and O–H groups in total. The maximum absolute atomic E-state index is 12.3. The van der Waals surface area contributed by atoms with Crippen LogP contribution in [0.5, 0.6) is 5.75 Å².